The van der Waals surface area contributed by atoms with Gasteiger partial charge in [0.2, 0.25) is 5.91 Å². The van der Waals surface area contributed by atoms with Gasteiger partial charge in [-0.1, -0.05) is 17.7 Å². The van der Waals surface area contributed by atoms with E-state index in [1.54, 1.807) is 50.4 Å². The lowest BCUT2D eigenvalue weighted by molar-refractivity contribution is -0.111. The first kappa shape index (κ1) is 18.1. The molecule has 2 N–H and O–H groups in total. The monoisotopic (exact) mass is 341 g/mol. The zero-order valence-corrected chi connectivity index (χ0v) is 14.2. The van der Waals surface area contributed by atoms with Gasteiger partial charge in [0.05, 0.1) is 25.5 Å². The van der Waals surface area contributed by atoms with Gasteiger partial charge in [-0.05, 0) is 42.8 Å². The van der Waals surface area contributed by atoms with Crippen molar-refractivity contribution in [3.05, 3.63) is 59.2 Å². The van der Waals surface area contributed by atoms with Gasteiger partial charge >= 0.3 is 5.97 Å². The minimum absolute atomic E-state index is 0.0490. The summed E-state index contributed by atoms with van der Waals surface area (Å²) >= 11 is 0. The number of rotatable bonds is 6. The molecule has 0 aliphatic heterocycles. The Morgan fingerprint density at radius 1 is 1.04 bits per heavy atom. The third-order valence-electron chi connectivity index (χ3n) is 3.50. The average Bonchev–Trinajstić information content (AvgIpc) is 2.61. The van der Waals surface area contributed by atoms with E-state index in [2.05, 4.69) is 5.32 Å². The van der Waals surface area contributed by atoms with Gasteiger partial charge in [-0.25, -0.2) is 4.79 Å². The molecule has 0 heterocycles. The fourth-order valence-electron chi connectivity index (χ4n) is 2.25. The second kappa shape index (κ2) is 8.01. The molecule has 6 nitrogen and oxygen atoms in total. The number of carboxylic acid groups (broad SMARTS) is 1. The fraction of sp³-hybridized carbons (Fsp3) is 0.158. The summed E-state index contributed by atoms with van der Waals surface area (Å²) in [5.74, 6) is -0.379. The Morgan fingerprint density at radius 3 is 2.40 bits per heavy atom. The lowest BCUT2D eigenvalue weighted by atomic mass is 10.1. The van der Waals surface area contributed by atoms with Crippen LogP contribution in [-0.2, 0) is 4.79 Å². The molecule has 6 heteroatoms. The first-order chi connectivity index (χ1) is 11.9. The molecule has 0 radical (unpaired) electrons. The Kier molecular flexibility index (Phi) is 5.79. The van der Waals surface area contributed by atoms with Crippen LogP contribution in [0.1, 0.15) is 21.5 Å². The highest BCUT2D eigenvalue weighted by atomic mass is 16.5. The van der Waals surface area contributed by atoms with Crippen LogP contribution in [0.15, 0.2) is 42.5 Å². The van der Waals surface area contributed by atoms with Crippen molar-refractivity contribution in [2.24, 2.45) is 0 Å². The number of aryl methyl sites for hydroxylation is 1. The van der Waals surface area contributed by atoms with E-state index in [1.165, 1.54) is 19.3 Å². The molecule has 0 fully saturated rings. The summed E-state index contributed by atoms with van der Waals surface area (Å²) in [6.45, 7) is 1.79. The summed E-state index contributed by atoms with van der Waals surface area (Å²) in [7, 11) is 3.07. The number of methoxy groups -OCH3 is 2. The summed E-state index contributed by atoms with van der Waals surface area (Å²) in [5.41, 5.74) is 1.85. The van der Waals surface area contributed by atoms with Crippen LogP contribution in [0.25, 0.3) is 6.08 Å². The lowest BCUT2D eigenvalue weighted by Crippen LogP contribution is -2.12. The number of carbonyl (C=O) groups is 2. The predicted octanol–water partition coefficient (Wildman–Crippen LogP) is 3.36. The van der Waals surface area contributed by atoms with Crippen LogP contribution < -0.4 is 14.8 Å². The number of hydrogen-bond acceptors (Lipinski definition) is 4. The van der Waals surface area contributed by atoms with Gasteiger partial charge in [-0.15, -0.1) is 0 Å². The SMILES string of the molecule is COc1ccc(C=CC(=O)Nc2ccc(C)cc2C(=O)O)cc1OC. The van der Waals surface area contributed by atoms with Gasteiger partial charge < -0.3 is 19.9 Å². The van der Waals surface area contributed by atoms with Gasteiger partial charge in [0.25, 0.3) is 0 Å². The van der Waals surface area contributed by atoms with E-state index >= 15 is 0 Å². The van der Waals surface area contributed by atoms with Crippen LogP contribution in [-0.4, -0.2) is 31.2 Å². The minimum Gasteiger partial charge on any atom is -0.493 e. The molecule has 0 atom stereocenters. The quantitative estimate of drug-likeness (QED) is 0.787. The third-order valence-corrected chi connectivity index (χ3v) is 3.50. The summed E-state index contributed by atoms with van der Waals surface area (Å²) in [5, 5.41) is 11.8. The number of carboxylic acids is 1. The number of benzene rings is 2. The van der Waals surface area contributed by atoms with Gasteiger partial charge in [0.15, 0.2) is 11.5 Å². The molecule has 2 aromatic rings. The molecule has 0 saturated carbocycles. The highest BCUT2D eigenvalue weighted by Gasteiger charge is 2.11. The number of ether oxygens (including phenoxy) is 2. The maximum Gasteiger partial charge on any atom is 0.337 e. The Balaban J connectivity index is 2.15. The zero-order chi connectivity index (χ0) is 18.4. The van der Waals surface area contributed by atoms with Gasteiger partial charge in [-0.3, -0.25) is 4.79 Å². The first-order valence-corrected chi connectivity index (χ1v) is 7.49. The standard InChI is InChI=1S/C19H19NO5/c1-12-4-7-15(14(10-12)19(22)23)20-18(21)9-6-13-5-8-16(24-2)17(11-13)25-3/h4-11H,1-3H3,(H,20,21)(H,22,23). The Bertz CT molecular complexity index is 827. The van der Waals surface area contributed by atoms with Crippen molar-refractivity contribution in [2.45, 2.75) is 6.92 Å². The molecular formula is C19H19NO5. The molecule has 0 unspecified atom stereocenters. The van der Waals surface area contributed by atoms with E-state index in [1.807, 2.05) is 0 Å². The topological polar surface area (TPSA) is 84.9 Å². The maximum absolute atomic E-state index is 12.1. The molecule has 0 bridgehead atoms. The van der Waals surface area contributed by atoms with E-state index in [-0.39, 0.29) is 11.3 Å². The summed E-state index contributed by atoms with van der Waals surface area (Å²) in [4.78, 5) is 23.3. The maximum atomic E-state index is 12.1. The van der Waals surface area contributed by atoms with E-state index in [4.69, 9.17) is 9.47 Å². The minimum atomic E-state index is -1.09. The highest BCUT2D eigenvalue weighted by molar-refractivity contribution is 6.06. The molecule has 0 aliphatic carbocycles. The average molecular weight is 341 g/mol. The van der Waals surface area contributed by atoms with Crippen molar-refractivity contribution < 1.29 is 24.2 Å². The molecule has 0 saturated heterocycles. The predicted molar refractivity (Wildman–Crippen MR) is 95.3 cm³/mol. The van der Waals surface area contributed by atoms with Gasteiger partial charge in [-0.2, -0.15) is 0 Å². The largest absolute Gasteiger partial charge is 0.493 e. The number of nitrogens with one attached hydrogen (secondary N) is 1. The molecule has 2 aromatic carbocycles. The lowest BCUT2D eigenvalue weighted by Gasteiger charge is -2.08. The summed E-state index contributed by atoms with van der Waals surface area (Å²) < 4.78 is 10.4. The number of carbonyl (C=O) groups excluding carboxylic acids is 1. The first-order valence-electron chi connectivity index (χ1n) is 7.49. The molecule has 0 aromatic heterocycles. The van der Waals surface area contributed by atoms with E-state index in [0.29, 0.717) is 11.5 Å². The van der Waals surface area contributed by atoms with Crippen LogP contribution in [0.3, 0.4) is 0 Å². The normalized spacial score (nSPS) is 10.5. The Labute approximate surface area is 145 Å². The number of amides is 1. The molecule has 130 valence electrons. The van der Waals surface area contributed by atoms with Gasteiger partial charge in [0.1, 0.15) is 0 Å². The van der Waals surface area contributed by atoms with E-state index < -0.39 is 11.9 Å². The van der Waals surface area contributed by atoms with E-state index in [0.717, 1.165) is 11.1 Å². The molecule has 2 rings (SSSR count). The van der Waals surface area contributed by atoms with Crippen molar-refractivity contribution in [2.75, 3.05) is 19.5 Å². The Morgan fingerprint density at radius 2 is 1.76 bits per heavy atom. The van der Waals surface area contributed by atoms with Crippen molar-refractivity contribution in [3.8, 4) is 11.5 Å². The molecule has 1 amide bonds. The van der Waals surface area contributed by atoms with Crippen molar-refractivity contribution in [1.82, 2.24) is 0 Å². The zero-order valence-electron chi connectivity index (χ0n) is 14.2. The summed E-state index contributed by atoms with van der Waals surface area (Å²) in [6.07, 6.45) is 2.93. The van der Waals surface area contributed by atoms with Crippen LogP contribution in [0.5, 0.6) is 11.5 Å². The molecule has 0 aliphatic rings. The fourth-order valence-corrected chi connectivity index (χ4v) is 2.25. The second-order valence-corrected chi connectivity index (χ2v) is 5.29. The number of hydrogen-bond donors (Lipinski definition) is 2. The third kappa shape index (κ3) is 4.60. The van der Waals surface area contributed by atoms with Crippen molar-refractivity contribution in [1.29, 1.82) is 0 Å². The number of anilines is 1. The number of aromatic carboxylic acids is 1. The second-order valence-electron chi connectivity index (χ2n) is 5.29. The summed E-state index contributed by atoms with van der Waals surface area (Å²) in [6, 6.07) is 10.1. The van der Waals surface area contributed by atoms with Gasteiger partial charge in [0, 0.05) is 6.08 Å². The van der Waals surface area contributed by atoms with Crippen LogP contribution in [0, 0.1) is 6.92 Å². The van der Waals surface area contributed by atoms with Crippen LogP contribution in [0.4, 0.5) is 5.69 Å². The molecular weight excluding hydrogens is 322 g/mol. The van der Waals surface area contributed by atoms with Crippen LogP contribution >= 0.6 is 0 Å². The molecule has 25 heavy (non-hydrogen) atoms. The van der Waals surface area contributed by atoms with Crippen molar-refractivity contribution in [3.63, 3.8) is 0 Å². The molecule has 0 spiro atoms. The van der Waals surface area contributed by atoms with E-state index in [9.17, 15) is 14.7 Å². The van der Waals surface area contributed by atoms with Crippen LogP contribution in [0.2, 0.25) is 0 Å². The smallest absolute Gasteiger partial charge is 0.337 e. The highest BCUT2D eigenvalue weighted by Crippen LogP contribution is 2.28. The Hall–Kier alpha value is -3.28. The van der Waals surface area contributed by atoms with Crippen molar-refractivity contribution >= 4 is 23.6 Å².